The number of hydrogen-bond donors (Lipinski definition) is 7. The van der Waals surface area contributed by atoms with E-state index in [2.05, 4.69) is 26.6 Å². The summed E-state index contributed by atoms with van der Waals surface area (Å²) in [7, 11) is 0. The second-order valence-corrected chi connectivity index (χ2v) is 11.3. The smallest absolute Gasteiger partial charge is 0.242 e. The third-order valence-electron chi connectivity index (χ3n) is 6.94. The molecule has 0 aromatic rings. The van der Waals surface area contributed by atoms with Crippen LogP contribution in [0.5, 0.6) is 0 Å². The van der Waals surface area contributed by atoms with Gasteiger partial charge in [0.1, 0.15) is 19.1 Å². The van der Waals surface area contributed by atoms with Gasteiger partial charge in [0, 0.05) is 58.8 Å². The van der Waals surface area contributed by atoms with Crippen LogP contribution in [0.15, 0.2) is 0 Å². The second kappa shape index (κ2) is 25.0. The summed E-state index contributed by atoms with van der Waals surface area (Å²) in [5.74, 6) is -3.55. The molecule has 0 aromatic carbocycles. The van der Waals surface area contributed by atoms with Gasteiger partial charge in [-0.1, -0.05) is 19.8 Å². The van der Waals surface area contributed by atoms with Crippen molar-refractivity contribution in [2.24, 2.45) is 17.4 Å². The lowest BCUT2D eigenvalue weighted by Gasteiger charge is -2.22. The maximum Gasteiger partial charge on any atom is 0.242 e. The molecule has 0 fully saturated rings. The zero-order chi connectivity index (χ0) is 34.9. The van der Waals surface area contributed by atoms with Gasteiger partial charge in [-0.3, -0.25) is 38.4 Å². The largest absolute Gasteiger partial charge is 0.370 e. The van der Waals surface area contributed by atoms with E-state index in [1.165, 1.54) is 13.8 Å². The Morgan fingerprint density at radius 2 is 1.15 bits per heavy atom. The summed E-state index contributed by atoms with van der Waals surface area (Å²) in [5, 5.41) is 13.3. The summed E-state index contributed by atoms with van der Waals surface area (Å²) in [6.07, 6.45) is 5.31. The van der Waals surface area contributed by atoms with Gasteiger partial charge < -0.3 is 43.0 Å². The SMILES string of the molecule is CC(=O)NCCCC[C@H](NC(C)=O)C(=O)NCCC(=O)N(CC(=O)NCCCCCC(N)=O)CC(=O)NCCCCC(C)C(N)=O. The molecule has 0 spiro atoms. The van der Waals surface area contributed by atoms with Crippen molar-refractivity contribution in [1.82, 2.24) is 31.5 Å². The number of nitrogens with zero attached hydrogens (tertiary/aromatic N) is 1. The Bertz CT molecular complexity index is 1020. The Kier molecular flexibility index (Phi) is 22.7. The number of nitrogens with one attached hydrogen (secondary N) is 5. The molecule has 0 radical (unpaired) electrons. The van der Waals surface area contributed by atoms with E-state index in [1.54, 1.807) is 6.92 Å². The topological polar surface area (TPSA) is 252 Å². The van der Waals surface area contributed by atoms with Crippen LogP contribution >= 0.6 is 0 Å². The first-order valence-electron chi connectivity index (χ1n) is 15.9. The van der Waals surface area contributed by atoms with Crippen LogP contribution in [-0.4, -0.2) is 97.5 Å². The molecule has 0 aliphatic rings. The van der Waals surface area contributed by atoms with E-state index in [1.807, 2.05) is 0 Å². The van der Waals surface area contributed by atoms with Crippen molar-refractivity contribution in [3.63, 3.8) is 0 Å². The number of carbonyl (C=O) groups excluding carboxylic acids is 8. The first-order valence-corrected chi connectivity index (χ1v) is 15.9. The van der Waals surface area contributed by atoms with E-state index in [0.717, 1.165) is 4.90 Å². The van der Waals surface area contributed by atoms with Gasteiger partial charge in [0.15, 0.2) is 0 Å². The fourth-order valence-corrected chi connectivity index (χ4v) is 4.29. The van der Waals surface area contributed by atoms with Gasteiger partial charge in [0.05, 0.1) is 0 Å². The van der Waals surface area contributed by atoms with Crippen molar-refractivity contribution >= 4 is 47.3 Å². The standard InChI is InChI=1S/C30H54N8O8/c1-21(29(32)45)11-6-9-17-35-27(43)20-38(19-26(42)34-16-8-4-5-13-25(31)41)28(44)14-18-36-30(46)24(37-23(3)40)12-7-10-15-33-22(2)39/h21,24H,4-20H2,1-3H3,(H2,31,41)(H2,32,45)(H,33,39)(H,34,42)(H,35,43)(H,36,46)(H,37,40)/t21?,24-/m0/s1. The van der Waals surface area contributed by atoms with Gasteiger partial charge in [-0.05, 0) is 44.9 Å². The van der Waals surface area contributed by atoms with Crippen LogP contribution in [0.25, 0.3) is 0 Å². The number of hydrogen-bond acceptors (Lipinski definition) is 8. The first-order chi connectivity index (χ1) is 21.7. The zero-order valence-electron chi connectivity index (χ0n) is 27.5. The highest BCUT2D eigenvalue weighted by molar-refractivity contribution is 5.90. The average Bonchev–Trinajstić information content (AvgIpc) is 2.96. The third-order valence-corrected chi connectivity index (χ3v) is 6.94. The predicted octanol–water partition coefficient (Wildman–Crippen LogP) is -1.30. The first kappa shape index (κ1) is 41.8. The van der Waals surface area contributed by atoms with Crippen molar-refractivity contribution < 1.29 is 38.4 Å². The lowest BCUT2D eigenvalue weighted by Crippen LogP contribution is -2.48. The van der Waals surface area contributed by atoms with Crippen LogP contribution in [0, 0.1) is 5.92 Å². The highest BCUT2D eigenvalue weighted by Gasteiger charge is 2.22. The number of nitrogens with two attached hydrogens (primary N) is 2. The normalized spacial score (nSPS) is 11.8. The van der Waals surface area contributed by atoms with Crippen LogP contribution in [0.4, 0.5) is 0 Å². The minimum atomic E-state index is -0.827. The Morgan fingerprint density at radius 3 is 1.67 bits per heavy atom. The fraction of sp³-hybridized carbons (Fsp3) is 0.733. The van der Waals surface area contributed by atoms with Crippen LogP contribution in [0.2, 0.25) is 0 Å². The highest BCUT2D eigenvalue weighted by atomic mass is 16.2. The van der Waals surface area contributed by atoms with Crippen molar-refractivity contribution in [1.29, 1.82) is 0 Å². The summed E-state index contributed by atoms with van der Waals surface area (Å²) in [5.41, 5.74) is 10.4. The summed E-state index contributed by atoms with van der Waals surface area (Å²) in [6.45, 7) is 4.67. The molecule has 1 unspecified atom stereocenters. The number of unbranched alkanes of at least 4 members (excludes halogenated alkanes) is 4. The molecule has 8 amide bonds. The predicted molar refractivity (Wildman–Crippen MR) is 170 cm³/mol. The molecule has 2 atom stereocenters. The molecule has 0 rings (SSSR count). The molecule has 0 aromatic heterocycles. The van der Waals surface area contributed by atoms with Gasteiger partial charge in [0.25, 0.3) is 0 Å². The zero-order valence-corrected chi connectivity index (χ0v) is 27.5. The molecular formula is C30H54N8O8. The summed E-state index contributed by atoms with van der Waals surface area (Å²) >= 11 is 0. The van der Waals surface area contributed by atoms with E-state index in [9.17, 15) is 38.4 Å². The van der Waals surface area contributed by atoms with Crippen molar-refractivity contribution in [3.05, 3.63) is 0 Å². The van der Waals surface area contributed by atoms with Gasteiger partial charge in [-0.15, -0.1) is 0 Å². The number of primary amides is 2. The van der Waals surface area contributed by atoms with Crippen LogP contribution in [0.1, 0.15) is 91.4 Å². The molecule has 0 aliphatic heterocycles. The maximum atomic E-state index is 13.1. The maximum absolute atomic E-state index is 13.1. The minimum Gasteiger partial charge on any atom is -0.370 e. The van der Waals surface area contributed by atoms with E-state index in [4.69, 9.17) is 11.5 Å². The summed E-state index contributed by atoms with van der Waals surface area (Å²) in [6, 6.07) is -0.827. The van der Waals surface area contributed by atoms with Gasteiger partial charge in [-0.25, -0.2) is 0 Å². The lowest BCUT2D eigenvalue weighted by atomic mass is 10.0. The van der Waals surface area contributed by atoms with Crippen LogP contribution in [-0.2, 0) is 38.4 Å². The molecule has 0 saturated heterocycles. The second-order valence-electron chi connectivity index (χ2n) is 11.3. The van der Waals surface area contributed by atoms with Gasteiger partial charge in [0.2, 0.25) is 47.3 Å². The summed E-state index contributed by atoms with van der Waals surface area (Å²) < 4.78 is 0. The van der Waals surface area contributed by atoms with Crippen molar-refractivity contribution in [3.8, 4) is 0 Å². The summed E-state index contributed by atoms with van der Waals surface area (Å²) in [4.78, 5) is 96.7. The average molecular weight is 655 g/mol. The molecule has 0 saturated carbocycles. The molecule has 16 heteroatoms. The Labute approximate surface area is 271 Å². The van der Waals surface area contributed by atoms with Gasteiger partial charge >= 0.3 is 0 Å². The van der Waals surface area contributed by atoms with E-state index < -0.39 is 41.5 Å². The van der Waals surface area contributed by atoms with E-state index in [0.29, 0.717) is 77.4 Å². The number of rotatable bonds is 26. The molecule has 0 heterocycles. The monoisotopic (exact) mass is 654 g/mol. The Balaban J connectivity index is 5.02. The van der Waals surface area contributed by atoms with Gasteiger partial charge in [-0.2, -0.15) is 0 Å². The molecule has 0 aliphatic carbocycles. The number of carbonyl (C=O) groups is 8. The number of amides is 8. The minimum absolute atomic E-state index is 0.0860. The molecule has 16 nitrogen and oxygen atoms in total. The van der Waals surface area contributed by atoms with E-state index in [-0.39, 0.29) is 50.2 Å². The van der Waals surface area contributed by atoms with Crippen molar-refractivity contribution in [2.45, 2.75) is 97.4 Å². The van der Waals surface area contributed by atoms with E-state index >= 15 is 0 Å². The molecule has 46 heavy (non-hydrogen) atoms. The quantitative estimate of drug-likeness (QED) is 0.0551. The lowest BCUT2D eigenvalue weighted by molar-refractivity contribution is -0.139. The molecule has 262 valence electrons. The third kappa shape index (κ3) is 23.2. The highest BCUT2D eigenvalue weighted by Crippen LogP contribution is 2.06. The van der Waals surface area contributed by atoms with Crippen LogP contribution < -0.4 is 38.1 Å². The Hall–Kier alpha value is -4.24. The Morgan fingerprint density at radius 1 is 0.609 bits per heavy atom. The van der Waals surface area contributed by atoms with Crippen molar-refractivity contribution in [2.75, 3.05) is 39.3 Å². The fourth-order valence-electron chi connectivity index (χ4n) is 4.29. The van der Waals surface area contributed by atoms with Crippen LogP contribution in [0.3, 0.4) is 0 Å². The molecular weight excluding hydrogens is 600 g/mol. The molecule has 0 bridgehead atoms. The molecule has 9 N–H and O–H groups in total.